The molecule has 19 heavy (non-hydrogen) atoms. The van der Waals surface area contributed by atoms with E-state index in [2.05, 4.69) is 12.2 Å². The Hall–Kier alpha value is -1.09. The van der Waals surface area contributed by atoms with E-state index in [9.17, 15) is 4.39 Å². The van der Waals surface area contributed by atoms with Crippen LogP contribution in [0.25, 0.3) is 0 Å². The average Bonchev–Trinajstić information content (AvgIpc) is 2.43. The Balaban J connectivity index is 1.99. The molecule has 1 aromatic carbocycles. The molecule has 1 N–H and O–H groups in total. The van der Waals surface area contributed by atoms with E-state index in [1.165, 1.54) is 25.3 Å². The van der Waals surface area contributed by atoms with Gasteiger partial charge in [-0.05, 0) is 56.8 Å². The highest BCUT2D eigenvalue weighted by Gasteiger charge is 2.21. The number of hydrogen-bond acceptors (Lipinski definition) is 2. The summed E-state index contributed by atoms with van der Waals surface area (Å²) in [6, 6.07) is 4.80. The number of benzene rings is 1. The van der Waals surface area contributed by atoms with E-state index in [0.717, 1.165) is 30.1 Å². The fraction of sp³-hybridized carbons (Fsp3) is 0.625. The molecule has 1 aliphatic carbocycles. The third-order valence-corrected chi connectivity index (χ3v) is 4.05. The highest BCUT2D eigenvalue weighted by Crippen LogP contribution is 2.30. The summed E-state index contributed by atoms with van der Waals surface area (Å²) in [6.45, 7) is 2.90. The van der Waals surface area contributed by atoms with Crippen LogP contribution in [0.15, 0.2) is 18.2 Å². The SMILES string of the molecule is CCC1CCC(Oc2ccc(F)cc2CNC)CC1. The van der Waals surface area contributed by atoms with Gasteiger partial charge in [-0.15, -0.1) is 0 Å². The fourth-order valence-electron chi connectivity index (χ4n) is 2.83. The van der Waals surface area contributed by atoms with Crippen molar-refractivity contribution in [3.8, 4) is 5.75 Å². The Morgan fingerprint density at radius 3 is 2.63 bits per heavy atom. The number of halogens is 1. The summed E-state index contributed by atoms with van der Waals surface area (Å²) in [7, 11) is 1.86. The predicted octanol–water partition coefficient (Wildman–Crippen LogP) is 3.89. The lowest BCUT2D eigenvalue weighted by Crippen LogP contribution is -2.24. The van der Waals surface area contributed by atoms with Crippen LogP contribution in [0.2, 0.25) is 0 Å². The molecular weight excluding hydrogens is 241 g/mol. The van der Waals surface area contributed by atoms with Gasteiger partial charge in [-0.25, -0.2) is 4.39 Å². The van der Waals surface area contributed by atoms with Crippen molar-refractivity contribution in [2.75, 3.05) is 7.05 Å². The van der Waals surface area contributed by atoms with Gasteiger partial charge in [0.2, 0.25) is 0 Å². The van der Waals surface area contributed by atoms with E-state index in [1.54, 1.807) is 12.1 Å². The smallest absolute Gasteiger partial charge is 0.124 e. The van der Waals surface area contributed by atoms with Crippen LogP contribution in [0.4, 0.5) is 4.39 Å². The first-order valence-electron chi connectivity index (χ1n) is 7.32. The zero-order valence-electron chi connectivity index (χ0n) is 11.9. The lowest BCUT2D eigenvalue weighted by atomic mass is 9.86. The molecule has 0 aromatic heterocycles. The molecule has 0 amide bonds. The van der Waals surface area contributed by atoms with Gasteiger partial charge in [0.1, 0.15) is 11.6 Å². The van der Waals surface area contributed by atoms with Gasteiger partial charge in [0.15, 0.2) is 0 Å². The quantitative estimate of drug-likeness (QED) is 0.872. The number of nitrogens with one attached hydrogen (secondary N) is 1. The topological polar surface area (TPSA) is 21.3 Å². The van der Waals surface area contributed by atoms with Crippen LogP contribution in [0.1, 0.15) is 44.6 Å². The van der Waals surface area contributed by atoms with Gasteiger partial charge in [-0.2, -0.15) is 0 Å². The zero-order valence-corrected chi connectivity index (χ0v) is 11.9. The number of ether oxygens (including phenoxy) is 1. The van der Waals surface area contributed by atoms with Crippen LogP contribution in [-0.2, 0) is 6.54 Å². The lowest BCUT2D eigenvalue weighted by molar-refractivity contribution is 0.128. The molecule has 3 heteroatoms. The molecule has 2 nitrogen and oxygen atoms in total. The molecule has 1 saturated carbocycles. The van der Waals surface area contributed by atoms with Crippen molar-refractivity contribution in [2.45, 2.75) is 51.7 Å². The molecule has 106 valence electrons. The summed E-state index contributed by atoms with van der Waals surface area (Å²) in [5.41, 5.74) is 0.903. The maximum absolute atomic E-state index is 13.3. The Kier molecular flexibility index (Phi) is 5.20. The third kappa shape index (κ3) is 3.93. The van der Waals surface area contributed by atoms with Crippen molar-refractivity contribution in [1.29, 1.82) is 0 Å². The molecule has 0 spiro atoms. The minimum Gasteiger partial charge on any atom is -0.490 e. The monoisotopic (exact) mass is 265 g/mol. The van der Waals surface area contributed by atoms with Gasteiger partial charge in [-0.3, -0.25) is 0 Å². The molecule has 0 unspecified atom stereocenters. The van der Waals surface area contributed by atoms with E-state index in [1.807, 2.05) is 7.05 Å². The first-order valence-corrected chi connectivity index (χ1v) is 7.32. The maximum Gasteiger partial charge on any atom is 0.124 e. The van der Waals surface area contributed by atoms with Crippen molar-refractivity contribution < 1.29 is 9.13 Å². The van der Waals surface area contributed by atoms with Gasteiger partial charge < -0.3 is 10.1 Å². The molecule has 1 fully saturated rings. The van der Waals surface area contributed by atoms with Crippen LogP contribution in [0.5, 0.6) is 5.75 Å². The molecule has 1 aromatic rings. The summed E-state index contributed by atoms with van der Waals surface area (Å²) in [4.78, 5) is 0. The Morgan fingerprint density at radius 2 is 2.00 bits per heavy atom. The lowest BCUT2D eigenvalue weighted by Gasteiger charge is -2.29. The van der Waals surface area contributed by atoms with Crippen LogP contribution < -0.4 is 10.1 Å². The third-order valence-electron chi connectivity index (χ3n) is 4.05. The molecule has 0 saturated heterocycles. The molecular formula is C16H24FNO. The molecule has 1 aliphatic rings. The van der Waals surface area contributed by atoms with Crippen LogP contribution in [-0.4, -0.2) is 13.2 Å². The molecule has 0 bridgehead atoms. The first-order chi connectivity index (χ1) is 9.22. The molecule has 0 heterocycles. The zero-order chi connectivity index (χ0) is 13.7. The van der Waals surface area contributed by atoms with Crippen molar-refractivity contribution >= 4 is 0 Å². The van der Waals surface area contributed by atoms with Gasteiger partial charge in [-0.1, -0.05) is 13.3 Å². The number of hydrogen-bond donors (Lipinski definition) is 1. The summed E-state index contributed by atoms with van der Waals surface area (Å²) < 4.78 is 19.3. The minimum absolute atomic E-state index is 0.202. The fourth-order valence-corrected chi connectivity index (χ4v) is 2.83. The van der Waals surface area contributed by atoms with Crippen molar-refractivity contribution in [3.63, 3.8) is 0 Å². The van der Waals surface area contributed by atoms with Gasteiger partial charge in [0, 0.05) is 12.1 Å². The van der Waals surface area contributed by atoms with Gasteiger partial charge in [0.25, 0.3) is 0 Å². The Bertz CT molecular complexity index is 400. The van der Waals surface area contributed by atoms with Crippen molar-refractivity contribution in [2.24, 2.45) is 5.92 Å². The second kappa shape index (κ2) is 6.90. The number of rotatable bonds is 5. The minimum atomic E-state index is -0.202. The highest BCUT2D eigenvalue weighted by molar-refractivity contribution is 5.34. The summed E-state index contributed by atoms with van der Waals surface area (Å²) in [5.74, 6) is 1.49. The van der Waals surface area contributed by atoms with Gasteiger partial charge in [0.05, 0.1) is 6.10 Å². The molecule has 0 radical (unpaired) electrons. The second-order valence-corrected chi connectivity index (χ2v) is 5.45. The van der Waals surface area contributed by atoms with Crippen LogP contribution in [0.3, 0.4) is 0 Å². The summed E-state index contributed by atoms with van der Waals surface area (Å²) >= 11 is 0. The Morgan fingerprint density at radius 1 is 1.26 bits per heavy atom. The standard InChI is InChI=1S/C16H24FNO/c1-3-12-4-7-15(8-5-12)19-16-9-6-14(17)10-13(16)11-18-2/h6,9-10,12,15,18H,3-5,7-8,11H2,1-2H3. The highest BCUT2D eigenvalue weighted by atomic mass is 19.1. The molecule has 2 rings (SSSR count). The average molecular weight is 265 g/mol. The Labute approximate surface area is 115 Å². The maximum atomic E-state index is 13.3. The largest absolute Gasteiger partial charge is 0.490 e. The van der Waals surface area contributed by atoms with E-state index in [0.29, 0.717) is 12.6 Å². The van der Waals surface area contributed by atoms with E-state index >= 15 is 0 Å². The first kappa shape index (κ1) is 14.3. The van der Waals surface area contributed by atoms with Crippen molar-refractivity contribution in [1.82, 2.24) is 5.32 Å². The summed E-state index contributed by atoms with van der Waals surface area (Å²) in [6.07, 6.45) is 6.31. The summed E-state index contributed by atoms with van der Waals surface area (Å²) in [5, 5.41) is 3.06. The van der Waals surface area contributed by atoms with E-state index < -0.39 is 0 Å². The van der Waals surface area contributed by atoms with Gasteiger partial charge >= 0.3 is 0 Å². The molecule has 0 atom stereocenters. The predicted molar refractivity (Wildman–Crippen MR) is 75.8 cm³/mol. The molecule has 0 aliphatic heterocycles. The van der Waals surface area contributed by atoms with Crippen LogP contribution >= 0.6 is 0 Å². The normalized spacial score (nSPS) is 23.3. The second-order valence-electron chi connectivity index (χ2n) is 5.45. The van der Waals surface area contributed by atoms with E-state index in [-0.39, 0.29) is 5.82 Å². The van der Waals surface area contributed by atoms with E-state index in [4.69, 9.17) is 4.74 Å². The van der Waals surface area contributed by atoms with Crippen LogP contribution in [0, 0.1) is 11.7 Å². The van der Waals surface area contributed by atoms with Crippen molar-refractivity contribution in [3.05, 3.63) is 29.6 Å².